The normalized spacial score (nSPS) is 19.7. The van der Waals surface area contributed by atoms with Gasteiger partial charge in [0.05, 0.1) is 13.2 Å². The lowest BCUT2D eigenvalue weighted by atomic mass is 10.2. The van der Waals surface area contributed by atoms with Crippen molar-refractivity contribution in [2.75, 3.05) is 24.7 Å². The van der Waals surface area contributed by atoms with Gasteiger partial charge < -0.3 is 14.7 Å². The Balaban J connectivity index is 2.36. The van der Waals surface area contributed by atoms with Gasteiger partial charge in [0.2, 0.25) is 0 Å². The molecule has 1 saturated heterocycles. The molecule has 88 valence electrons. The highest BCUT2D eigenvalue weighted by Crippen LogP contribution is 2.19. The fourth-order valence-corrected chi connectivity index (χ4v) is 1.68. The van der Waals surface area contributed by atoms with Gasteiger partial charge >= 0.3 is 5.97 Å². The van der Waals surface area contributed by atoms with Crippen molar-refractivity contribution in [1.82, 2.24) is 9.97 Å². The number of carboxylic acids is 1. The van der Waals surface area contributed by atoms with Gasteiger partial charge in [0, 0.05) is 18.9 Å². The topological polar surface area (TPSA) is 99.3 Å². The molecular weight excluding hydrogens is 224 g/mol. The standard InChI is InChI=1S/C10H10N4O3/c11-5-7-9(13-2-1-12-7)14-3-4-17-6-8(14)10(15)16/h1-2,8H,3-4,6H2,(H,15,16). The minimum absolute atomic E-state index is 0.0801. The Bertz CT molecular complexity index is 471. The van der Waals surface area contributed by atoms with Crippen molar-refractivity contribution < 1.29 is 14.6 Å². The summed E-state index contributed by atoms with van der Waals surface area (Å²) >= 11 is 0. The first-order valence-electron chi connectivity index (χ1n) is 5.02. The molecule has 1 unspecified atom stereocenters. The van der Waals surface area contributed by atoms with E-state index in [0.717, 1.165) is 0 Å². The van der Waals surface area contributed by atoms with Crippen LogP contribution in [-0.4, -0.2) is 46.8 Å². The van der Waals surface area contributed by atoms with Crippen molar-refractivity contribution in [2.24, 2.45) is 0 Å². The molecule has 0 aliphatic carbocycles. The summed E-state index contributed by atoms with van der Waals surface area (Å²) in [6, 6.07) is 1.08. The molecule has 1 fully saturated rings. The fourth-order valence-electron chi connectivity index (χ4n) is 1.68. The van der Waals surface area contributed by atoms with Gasteiger partial charge in [-0.3, -0.25) is 0 Å². The molecule has 0 radical (unpaired) electrons. The Kier molecular flexibility index (Phi) is 3.16. The first-order valence-corrected chi connectivity index (χ1v) is 5.02. The van der Waals surface area contributed by atoms with Crippen LogP contribution >= 0.6 is 0 Å². The maximum absolute atomic E-state index is 11.1. The molecule has 2 heterocycles. The third-order valence-corrected chi connectivity index (χ3v) is 2.47. The monoisotopic (exact) mass is 234 g/mol. The summed E-state index contributed by atoms with van der Waals surface area (Å²) in [7, 11) is 0. The Morgan fingerprint density at radius 3 is 3.06 bits per heavy atom. The number of morpholine rings is 1. The highest BCUT2D eigenvalue weighted by molar-refractivity contribution is 5.78. The lowest BCUT2D eigenvalue weighted by molar-refractivity contribution is -0.141. The molecule has 1 aromatic heterocycles. The summed E-state index contributed by atoms with van der Waals surface area (Å²) in [5, 5.41) is 18.0. The molecular formula is C10H10N4O3. The zero-order chi connectivity index (χ0) is 12.3. The van der Waals surface area contributed by atoms with Gasteiger partial charge in [0.25, 0.3) is 0 Å². The van der Waals surface area contributed by atoms with Crippen molar-refractivity contribution in [2.45, 2.75) is 6.04 Å². The van der Waals surface area contributed by atoms with Gasteiger partial charge in [-0.25, -0.2) is 14.8 Å². The molecule has 17 heavy (non-hydrogen) atoms. The van der Waals surface area contributed by atoms with Crippen LogP contribution < -0.4 is 4.90 Å². The van der Waals surface area contributed by atoms with Gasteiger partial charge in [-0.2, -0.15) is 5.26 Å². The Labute approximate surface area is 97.3 Å². The van der Waals surface area contributed by atoms with Gasteiger partial charge in [-0.05, 0) is 0 Å². The minimum Gasteiger partial charge on any atom is -0.480 e. The lowest BCUT2D eigenvalue weighted by Gasteiger charge is -2.33. The van der Waals surface area contributed by atoms with Crippen LogP contribution in [0, 0.1) is 11.3 Å². The third-order valence-electron chi connectivity index (χ3n) is 2.47. The molecule has 1 aliphatic heterocycles. The number of aliphatic carboxylic acids is 1. The average molecular weight is 234 g/mol. The van der Waals surface area contributed by atoms with Crippen LogP contribution in [0.2, 0.25) is 0 Å². The van der Waals surface area contributed by atoms with E-state index in [9.17, 15) is 4.79 Å². The molecule has 0 aromatic carbocycles. The summed E-state index contributed by atoms with van der Waals surface area (Å²) in [5.74, 6) is -0.704. The zero-order valence-corrected chi connectivity index (χ0v) is 8.91. The van der Waals surface area contributed by atoms with E-state index in [2.05, 4.69) is 9.97 Å². The first kappa shape index (κ1) is 11.3. The van der Waals surface area contributed by atoms with Gasteiger partial charge in [-0.15, -0.1) is 0 Å². The summed E-state index contributed by atoms with van der Waals surface area (Å²) in [6.07, 6.45) is 2.84. The molecule has 2 rings (SSSR count). The SMILES string of the molecule is N#Cc1nccnc1N1CCOCC1C(=O)O. The predicted octanol–water partition coefficient (Wildman–Crippen LogP) is -0.362. The zero-order valence-electron chi connectivity index (χ0n) is 8.91. The van der Waals surface area contributed by atoms with Crippen molar-refractivity contribution >= 4 is 11.8 Å². The molecule has 0 amide bonds. The number of rotatable bonds is 2. The average Bonchev–Trinajstić information content (AvgIpc) is 2.38. The summed E-state index contributed by atoms with van der Waals surface area (Å²) in [4.78, 5) is 20.5. The molecule has 7 nitrogen and oxygen atoms in total. The molecule has 7 heteroatoms. The van der Waals surface area contributed by atoms with Gasteiger partial charge in [0.1, 0.15) is 6.07 Å². The number of nitriles is 1. The number of aromatic nitrogens is 2. The van der Waals surface area contributed by atoms with E-state index in [0.29, 0.717) is 19.0 Å². The van der Waals surface area contributed by atoms with Crippen molar-refractivity contribution in [3.05, 3.63) is 18.1 Å². The Hall–Kier alpha value is -2.20. The molecule has 0 spiro atoms. The van der Waals surface area contributed by atoms with E-state index in [1.807, 2.05) is 6.07 Å². The minimum atomic E-state index is -1.00. The maximum atomic E-state index is 11.1. The van der Waals surface area contributed by atoms with Crippen molar-refractivity contribution in [3.8, 4) is 6.07 Å². The number of carbonyl (C=O) groups is 1. The smallest absolute Gasteiger partial charge is 0.328 e. The van der Waals surface area contributed by atoms with E-state index in [4.69, 9.17) is 15.1 Å². The van der Waals surface area contributed by atoms with E-state index in [1.165, 1.54) is 17.3 Å². The number of anilines is 1. The Morgan fingerprint density at radius 1 is 1.59 bits per heavy atom. The van der Waals surface area contributed by atoms with Crippen molar-refractivity contribution in [3.63, 3.8) is 0 Å². The molecule has 0 bridgehead atoms. The number of hydrogen-bond acceptors (Lipinski definition) is 6. The second-order valence-electron chi connectivity index (χ2n) is 3.46. The molecule has 1 N–H and O–H groups in total. The molecule has 1 aromatic rings. The Morgan fingerprint density at radius 2 is 2.35 bits per heavy atom. The van der Waals surface area contributed by atoms with Crippen LogP contribution in [0.3, 0.4) is 0 Å². The van der Waals surface area contributed by atoms with Gasteiger partial charge in [-0.1, -0.05) is 0 Å². The van der Waals surface area contributed by atoms with Crippen LogP contribution in [0.15, 0.2) is 12.4 Å². The predicted molar refractivity (Wildman–Crippen MR) is 56.3 cm³/mol. The van der Waals surface area contributed by atoms with E-state index in [1.54, 1.807) is 0 Å². The summed E-state index contributed by atoms with van der Waals surface area (Å²) in [5.41, 5.74) is 0.126. The number of hydrogen-bond donors (Lipinski definition) is 1. The van der Waals surface area contributed by atoms with Crippen LogP contribution in [0.4, 0.5) is 5.82 Å². The molecule has 1 aliphatic rings. The fraction of sp³-hybridized carbons (Fsp3) is 0.400. The first-order chi connectivity index (χ1) is 8.24. The summed E-state index contributed by atoms with van der Waals surface area (Å²) in [6.45, 7) is 0.867. The van der Waals surface area contributed by atoms with Crippen molar-refractivity contribution in [1.29, 1.82) is 5.26 Å². The second-order valence-corrected chi connectivity index (χ2v) is 3.46. The lowest BCUT2D eigenvalue weighted by Crippen LogP contribution is -2.50. The number of carboxylic acid groups (broad SMARTS) is 1. The van der Waals surface area contributed by atoms with Crippen LogP contribution in [-0.2, 0) is 9.53 Å². The largest absolute Gasteiger partial charge is 0.480 e. The van der Waals surface area contributed by atoms with Crippen LogP contribution in [0.5, 0.6) is 0 Å². The van der Waals surface area contributed by atoms with Crippen LogP contribution in [0.1, 0.15) is 5.69 Å². The second kappa shape index (κ2) is 4.76. The molecule has 1 atom stereocenters. The van der Waals surface area contributed by atoms with E-state index >= 15 is 0 Å². The van der Waals surface area contributed by atoms with E-state index in [-0.39, 0.29) is 12.3 Å². The third kappa shape index (κ3) is 2.16. The molecule has 0 saturated carbocycles. The highest BCUT2D eigenvalue weighted by atomic mass is 16.5. The van der Waals surface area contributed by atoms with Gasteiger partial charge in [0.15, 0.2) is 17.6 Å². The van der Waals surface area contributed by atoms with Crippen LogP contribution in [0.25, 0.3) is 0 Å². The maximum Gasteiger partial charge on any atom is 0.328 e. The summed E-state index contributed by atoms with van der Waals surface area (Å²) < 4.78 is 5.12. The number of nitrogens with zero attached hydrogens (tertiary/aromatic N) is 4. The number of ether oxygens (including phenoxy) is 1. The van der Waals surface area contributed by atoms with E-state index < -0.39 is 12.0 Å². The highest BCUT2D eigenvalue weighted by Gasteiger charge is 2.31. The quantitative estimate of drug-likeness (QED) is 0.745.